The molecule has 0 amide bonds. The summed E-state index contributed by atoms with van der Waals surface area (Å²) in [4.78, 5) is 15.7. The average molecular weight is 258 g/mol. The van der Waals surface area contributed by atoms with Crippen molar-refractivity contribution in [2.75, 3.05) is 32.2 Å². The SMILES string of the molecule is CCCCOCCNc1ncc(C(=O)OC)s1. The van der Waals surface area contributed by atoms with E-state index in [2.05, 4.69) is 22.0 Å². The molecule has 1 N–H and O–H groups in total. The standard InChI is InChI=1S/C11H18N2O3S/c1-3-4-6-16-7-5-12-11-13-8-9(17-11)10(14)15-2/h8H,3-7H2,1-2H3,(H,12,13). The lowest BCUT2D eigenvalue weighted by Gasteiger charge is -2.03. The van der Waals surface area contributed by atoms with Crippen LogP contribution in [0.3, 0.4) is 0 Å². The molecule has 17 heavy (non-hydrogen) atoms. The van der Waals surface area contributed by atoms with Gasteiger partial charge in [0.2, 0.25) is 0 Å². The summed E-state index contributed by atoms with van der Waals surface area (Å²) >= 11 is 1.28. The second kappa shape index (κ2) is 8.03. The summed E-state index contributed by atoms with van der Waals surface area (Å²) in [5.74, 6) is -0.352. The molecule has 96 valence electrons. The number of aromatic nitrogens is 1. The van der Waals surface area contributed by atoms with E-state index in [0.717, 1.165) is 19.4 Å². The van der Waals surface area contributed by atoms with Gasteiger partial charge in [-0.05, 0) is 6.42 Å². The first kappa shape index (κ1) is 13.9. The number of methoxy groups -OCH3 is 1. The summed E-state index contributed by atoms with van der Waals surface area (Å²) < 4.78 is 9.99. The number of nitrogens with one attached hydrogen (secondary N) is 1. The lowest BCUT2D eigenvalue weighted by Crippen LogP contribution is -2.09. The highest BCUT2D eigenvalue weighted by molar-refractivity contribution is 7.17. The zero-order valence-corrected chi connectivity index (χ0v) is 11.0. The molecule has 6 heteroatoms. The Kier molecular flexibility index (Phi) is 6.57. The van der Waals surface area contributed by atoms with Crippen molar-refractivity contribution < 1.29 is 14.3 Å². The molecule has 1 heterocycles. The van der Waals surface area contributed by atoms with Crippen LogP contribution in [0.1, 0.15) is 29.4 Å². The quantitative estimate of drug-likeness (QED) is 0.572. The highest BCUT2D eigenvalue weighted by Gasteiger charge is 2.09. The molecule has 0 fully saturated rings. The number of unbranched alkanes of at least 4 members (excludes halogenated alkanes) is 1. The van der Waals surface area contributed by atoms with Crippen LogP contribution < -0.4 is 5.32 Å². The zero-order chi connectivity index (χ0) is 12.5. The third kappa shape index (κ3) is 5.14. The molecule has 0 radical (unpaired) electrons. The fourth-order valence-electron chi connectivity index (χ4n) is 1.13. The second-order valence-corrected chi connectivity index (χ2v) is 4.44. The Hall–Kier alpha value is -1.14. The molecule has 0 aliphatic rings. The van der Waals surface area contributed by atoms with Crippen molar-refractivity contribution in [3.63, 3.8) is 0 Å². The van der Waals surface area contributed by atoms with Gasteiger partial charge in [-0.2, -0.15) is 0 Å². The second-order valence-electron chi connectivity index (χ2n) is 3.41. The summed E-state index contributed by atoms with van der Waals surface area (Å²) in [6.07, 6.45) is 3.74. The van der Waals surface area contributed by atoms with E-state index < -0.39 is 0 Å². The molecular weight excluding hydrogens is 240 g/mol. The Labute approximate surface area is 105 Å². The van der Waals surface area contributed by atoms with Crippen LogP contribution in [0.25, 0.3) is 0 Å². The van der Waals surface area contributed by atoms with E-state index in [1.807, 2.05) is 0 Å². The van der Waals surface area contributed by atoms with Crippen LogP contribution in [0.2, 0.25) is 0 Å². The average Bonchev–Trinajstić information content (AvgIpc) is 2.81. The predicted octanol–water partition coefficient (Wildman–Crippen LogP) is 2.16. The number of thiazole rings is 1. The molecule has 0 aromatic carbocycles. The first-order chi connectivity index (χ1) is 8.27. The fraction of sp³-hybridized carbons (Fsp3) is 0.636. The van der Waals surface area contributed by atoms with E-state index in [-0.39, 0.29) is 5.97 Å². The van der Waals surface area contributed by atoms with Gasteiger partial charge in [-0.1, -0.05) is 24.7 Å². The summed E-state index contributed by atoms with van der Waals surface area (Å²) in [6, 6.07) is 0. The van der Waals surface area contributed by atoms with Gasteiger partial charge in [0.05, 0.1) is 19.9 Å². The first-order valence-corrected chi connectivity index (χ1v) is 6.45. The van der Waals surface area contributed by atoms with E-state index in [9.17, 15) is 4.79 Å². The number of hydrogen-bond donors (Lipinski definition) is 1. The molecule has 0 aliphatic carbocycles. The van der Waals surface area contributed by atoms with Gasteiger partial charge < -0.3 is 14.8 Å². The number of carbonyl (C=O) groups excluding carboxylic acids is 1. The minimum absolute atomic E-state index is 0.352. The lowest BCUT2D eigenvalue weighted by molar-refractivity contribution is 0.0606. The van der Waals surface area contributed by atoms with Crippen LogP contribution in [0.4, 0.5) is 5.13 Å². The Morgan fingerprint density at radius 3 is 3.06 bits per heavy atom. The van der Waals surface area contributed by atoms with Crippen LogP contribution in [0, 0.1) is 0 Å². The Balaban J connectivity index is 2.19. The van der Waals surface area contributed by atoms with Gasteiger partial charge in [-0.3, -0.25) is 0 Å². The minimum Gasteiger partial charge on any atom is -0.465 e. The largest absolute Gasteiger partial charge is 0.465 e. The smallest absolute Gasteiger partial charge is 0.349 e. The van der Waals surface area contributed by atoms with Gasteiger partial charge in [-0.15, -0.1) is 0 Å². The summed E-state index contributed by atoms with van der Waals surface area (Å²) in [5.41, 5.74) is 0. The van der Waals surface area contributed by atoms with E-state index in [1.54, 1.807) is 0 Å². The number of carbonyl (C=O) groups is 1. The predicted molar refractivity (Wildman–Crippen MR) is 67.7 cm³/mol. The van der Waals surface area contributed by atoms with Crippen LogP contribution in [-0.2, 0) is 9.47 Å². The number of anilines is 1. The molecule has 0 aliphatic heterocycles. The molecule has 1 rings (SSSR count). The molecule has 0 saturated carbocycles. The van der Waals surface area contributed by atoms with Crippen molar-refractivity contribution in [2.24, 2.45) is 0 Å². The van der Waals surface area contributed by atoms with E-state index >= 15 is 0 Å². The van der Waals surface area contributed by atoms with Crippen molar-refractivity contribution in [2.45, 2.75) is 19.8 Å². The fourth-order valence-corrected chi connectivity index (χ4v) is 1.89. The highest BCUT2D eigenvalue weighted by Crippen LogP contribution is 2.18. The molecule has 0 bridgehead atoms. The number of rotatable bonds is 8. The van der Waals surface area contributed by atoms with Gasteiger partial charge in [0, 0.05) is 13.2 Å². The lowest BCUT2D eigenvalue weighted by atomic mass is 10.4. The molecule has 0 atom stereocenters. The maximum Gasteiger partial charge on any atom is 0.349 e. The Morgan fingerprint density at radius 2 is 2.35 bits per heavy atom. The number of nitrogens with zero attached hydrogens (tertiary/aromatic N) is 1. The van der Waals surface area contributed by atoms with Crippen molar-refractivity contribution in [1.82, 2.24) is 4.98 Å². The minimum atomic E-state index is -0.352. The third-order valence-corrected chi connectivity index (χ3v) is 2.99. The summed E-state index contributed by atoms with van der Waals surface area (Å²) in [7, 11) is 1.36. The molecule has 1 aromatic rings. The zero-order valence-electron chi connectivity index (χ0n) is 10.2. The van der Waals surface area contributed by atoms with E-state index in [4.69, 9.17) is 4.74 Å². The number of esters is 1. The van der Waals surface area contributed by atoms with Crippen LogP contribution in [-0.4, -0.2) is 37.8 Å². The molecule has 5 nitrogen and oxygen atoms in total. The Bertz CT molecular complexity index is 341. The molecule has 1 aromatic heterocycles. The van der Waals surface area contributed by atoms with Crippen molar-refractivity contribution in [3.05, 3.63) is 11.1 Å². The van der Waals surface area contributed by atoms with Crippen molar-refractivity contribution in [1.29, 1.82) is 0 Å². The van der Waals surface area contributed by atoms with Crippen LogP contribution in [0.15, 0.2) is 6.20 Å². The summed E-state index contributed by atoms with van der Waals surface area (Å²) in [6.45, 7) is 4.26. The number of hydrogen-bond acceptors (Lipinski definition) is 6. The van der Waals surface area contributed by atoms with Gasteiger partial charge in [0.25, 0.3) is 0 Å². The van der Waals surface area contributed by atoms with Crippen LogP contribution >= 0.6 is 11.3 Å². The molecular formula is C11H18N2O3S. The molecule has 0 unspecified atom stereocenters. The topological polar surface area (TPSA) is 60.5 Å². The third-order valence-electron chi connectivity index (χ3n) is 2.06. The maximum atomic E-state index is 11.2. The van der Waals surface area contributed by atoms with Gasteiger partial charge >= 0.3 is 5.97 Å². The van der Waals surface area contributed by atoms with Crippen molar-refractivity contribution in [3.8, 4) is 0 Å². The van der Waals surface area contributed by atoms with E-state index in [0.29, 0.717) is 23.2 Å². The molecule has 0 saturated heterocycles. The normalized spacial score (nSPS) is 10.2. The monoisotopic (exact) mass is 258 g/mol. The van der Waals surface area contributed by atoms with Gasteiger partial charge in [-0.25, -0.2) is 9.78 Å². The van der Waals surface area contributed by atoms with Gasteiger partial charge in [0.15, 0.2) is 5.13 Å². The Morgan fingerprint density at radius 1 is 1.53 bits per heavy atom. The van der Waals surface area contributed by atoms with E-state index in [1.165, 1.54) is 24.6 Å². The first-order valence-electron chi connectivity index (χ1n) is 5.63. The van der Waals surface area contributed by atoms with Crippen LogP contribution in [0.5, 0.6) is 0 Å². The maximum absolute atomic E-state index is 11.2. The van der Waals surface area contributed by atoms with Gasteiger partial charge in [0.1, 0.15) is 4.88 Å². The summed E-state index contributed by atoms with van der Waals surface area (Å²) in [5, 5.41) is 3.81. The van der Waals surface area contributed by atoms with Crippen molar-refractivity contribution >= 4 is 22.4 Å². The highest BCUT2D eigenvalue weighted by atomic mass is 32.1. The molecule has 0 spiro atoms. The number of ether oxygens (including phenoxy) is 2.